The zero-order chi connectivity index (χ0) is 18.5. The Morgan fingerprint density at radius 2 is 1.56 bits per heavy atom. The molecule has 2 amide bonds. The fraction of sp³-hybridized carbons (Fsp3) is 0.600. The number of nitrogens with one attached hydrogen (secondary N) is 2. The molecule has 0 aromatic heterocycles. The summed E-state index contributed by atoms with van der Waals surface area (Å²) in [7, 11) is 0. The molecular formula is C20H33N3O2. The SMILES string of the molecule is CCCCCCCNCC(=O)Nc1ccc(C(=O)N(CC)CC)cc1. The highest BCUT2D eigenvalue weighted by atomic mass is 16.2. The molecule has 0 heterocycles. The Bertz CT molecular complexity index is 510. The van der Waals surface area contributed by atoms with Crippen molar-refractivity contribution in [3.05, 3.63) is 29.8 Å². The molecule has 0 fully saturated rings. The van der Waals surface area contributed by atoms with Crippen LogP contribution < -0.4 is 10.6 Å². The third-order valence-corrected chi connectivity index (χ3v) is 4.21. The maximum absolute atomic E-state index is 12.2. The maximum atomic E-state index is 12.2. The second kappa shape index (κ2) is 12.5. The summed E-state index contributed by atoms with van der Waals surface area (Å²) in [6, 6.07) is 7.08. The Morgan fingerprint density at radius 3 is 2.16 bits per heavy atom. The molecule has 0 aliphatic heterocycles. The van der Waals surface area contributed by atoms with Crippen molar-refractivity contribution in [2.45, 2.75) is 52.9 Å². The zero-order valence-electron chi connectivity index (χ0n) is 15.9. The number of rotatable bonds is 12. The van der Waals surface area contributed by atoms with E-state index < -0.39 is 0 Å². The highest BCUT2D eigenvalue weighted by Gasteiger charge is 2.12. The topological polar surface area (TPSA) is 61.4 Å². The summed E-state index contributed by atoms with van der Waals surface area (Å²) in [5.74, 6) is -0.0380. The largest absolute Gasteiger partial charge is 0.339 e. The predicted octanol–water partition coefficient (Wildman–Crippen LogP) is 3.67. The van der Waals surface area contributed by atoms with Crippen LogP contribution in [0, 0.1) is 0 Å². The molecule has 2 N–H and O–H groups in total. The van der Waals surface area contributed by atoms with Gasteiger partial charge in [0.1, 0.15) is 0 Å². The Balaban J connectivity index is 2.32. The van der Waals surface area contributed by atoms with Gasteiger partial charge < -0.3 is 15.5 Å². The van der Waals surface area contributed by atoms with Crippen molar-refractivity contribution < 1.29 is 9.59 Å². The average molecular weight is 348 g/mol. The minimum atomic E-state index is -0.0589. The lowest BCUT2D eigenvalue weighted by Gasteiger charge is -2.18. The van der Waals surface area contributed by atoms with E-state index >= 15 is 0 Å². The van der Waals surface area contributed by atoms with Crippen LogP contribution in [-0.4, -0.2) is 42.9 Å². The second-order valence-corrected chi connectivity index (χ2v) is 6.19. The van der Waals surface area contributed by atoms with Crippen molar-refractivity contribution in [2.75, 3.05) is 31.5 Å². The lowest BCUT2D eigenvalue weighted by Crippen LogP contribution is -2.30. The Kier molecular flexibility index (Phi) is 10.6. The average Bonchev–Trinajstić information content (AvgIpc) is 2.62. The molecule has 25 heavy (non-hydrogen) atoms. The number of benzene rings is 1. The molecule has 0 radical (unpaired) electrons. The van der Waals surface area contributed by atoms with E-state index in [4.69, 9.17) is 0 Å². The van der Waals surface area contributed by atoms with Gasteiger partial charge in [0.05, 0.1) is 6.54 Å². The molecule has 1 rings (SSSR count). The van der Waals surface area contributed by atoms with Crippen LogP contribution in [-0.2, 0) is 4.79 Å². The molecule has 5 heteroatoms. The number of unbranched alkanes of at least 4 members (excludes halogenated alkanes) is 4. The zero-order valence-corrected chi connectivity index (χ0v) is 15.9. The van der Waals surface area contributed by atoms with Gasteiger partial charge in [0.25, 0.3) is 5.91 Å². The minimum absolute atomic E-state index is 0.0209. The van der Waals surface area contributed by atoms with Crippen LogP contribution in [0.1, 0.15) is 63.2 Å². The summed E-state index contributed by atoms with van der Waals surface area (Å²) in [4.78, 5) is 25.9. The van der Waals surface area contributed by atoms with Gasteiger partial charge in [-0.1, -0.05) is 32.6 Å². The standard InChI is InChI=1S/C20H33N3O2/c1-4-7-8-9-10-15-21-16-19(24)22-18-13-11-17(12-14-18)20(25)23(5-2)6-3/h11-14,21H,4-10,15-16H2,1-3H3,(H,22,24). The predicted molar refractivity (Wildman–Crippen MR) is 104 cm³/mol. The lowest BCUT2D eigenvalue weighted by molar-refractivity contribution is -0.115. The van der Waals surface area contributed by atoms with Gasteiger partial charge >= 0.3 is 0 Å². The molecule has 0 aliphatic rings. The monoisotopic (exact) mass is 347 g/mol. The van der Waals surface area contributed by atoms with Crippen LogP contribution in [0.5, 0.6) is 0 Å². The number of hydrogen-bond donors (Lipinski definition) is 2. The fourth-order valence-corrected chi connectivity index (χ4v) is 2.65. The van der Waals surface area contributed by atoms with Crippen LogP contribution in [0.15, 0.2) is 24.3 Å². The molecule has 0 unspecified atom stereocenters. The van der Waals surface area contributed by atoms with Crippen LogP contribution in [0.25, 0.3) is 0 Å². The van der Waals surface area contributed by atoms with Crippen molar-refractivity contribution in [1.29, 1.82) is 0 Å². The van der Waals surface area contributed by atoms with Crippen LogP contribution >= 0.6 is 0 Å². The smallest absolute Gasteiger partial charge is 0.253 e. The quantitative estimate of drug-likeness (QED) is 0.567. The Morgan fingerprint density at radius 1 is 0.920 bits per heavy atom. The van der Waals surface area contributed by atoms with Gasteiger partial charge in [-0.2, -0.15) is 0 Å². The number of anilines is 1. The molecule has 0 bridgehead atoms. The van der Waals surface area contributed by atoms with Gasteiger partial charge in [-0.05, 0) is 51.1 Å². The van der Waals surface area contributed by atoms with Crippen molar-refractivity contribution in [2.24, 2.45) is 0 Å². The normalized spacial score (nSPS) is 10.5. The third-order valence-electron chi connectivity index (χ3n) is 4.21. The maximum Gasteiger partial charge on any atom is 0.253 e. The van der Waals surface area contributed by atoms with E-state index in [1.807, 2.05) is 13.8 Å². The molecular weight excluding hydrogens is 314 g/mol. The van der Waals surface area contributed by atoms with E-state index in [0.717, 1.165) is 13.0 Å². The summed E-state index contributed by atoms with van der Waals surface area (Å²) in [5.41, 5.74) is 1.36. The van der Waals surface area contributed by atoms with Crippen LogP contribution in [0.2, 0.25) is 0 Å². The van der Waals surface area contributed by atoms with E-state index in [2.05, 4.69) is 17.6 Å². The van der Waals surface area contributed by atoms with E-state index in [-0.39, 0.29) is 11.8 Å². The molecule has 1 aromatic carbocycles. The summed E-state index contributed by atoms with van der Waals surface area (Å²) < 4.78 is 0. The van der Waals surface area contributed by atoms with Gasteiger partial charge in [-0.3, -0.25) is 9.59 Å². The van der Waals surface area contributed by atoms with Crippen molar-refractivity contribution in [1.82, 2.24) is 10.2 Å². The van der Waals surface area contributed by atoms with E-state index in [9.17, 15) is 9.59 Å². The van der Waals surface area contributed by atoms with Gasteiger partial charge in [-0.15, -0.1) is 0 Å². The van der Waals surface area contributed by atoms with Gasteiger partial charge in [0.2, 0.25) is 5.91 Å². The van der Waals surface area contributed by atoms with E-state index in [0.29, 0.717) is 30.9 Å². The minimum Gasteiger partial charge on any atom is -0.339 e. The van der Waals surface area contributed by atoms with Crippen LogP contribution in [0.4, 0.5) is 5.69 Å². The summed E-state index contributed by atoms with van der Waals surface area (Å²) in [6.45, 7) is 8.70. The number of carbonyl (C=O) groups is 2. The van der Waals surface area contributed by atoms with E-state index in [1.54, 1.807) is 29.2 Å². The fourth-order valence-electron chi connectivity index (χ4n) is 2.65. The first-order valence-electron chi connectivity index (χ1n) is 9.52. The number of hydrogen-bond acceptors (Lipinski definition) is 3. The first-order chi connectivity index (χ1) is 12.1. The molecule has 0 aliphatic carbocycles. The first kappa shape index (κ1) is 21.2. The first-order valence-corrected chi connectivity index (χ1v) is 9.52. The molecule has 0 saturated heterocycles. The Labute approximate surface area is 152 Å². The lowest BCUT2D eigenvalue weighted by atomic mass is 10.1. The van der Waals surface area contributed by atoms with Crippen molar-refractivity contribution in [3.8, 4) is 0 Å². The number of nitrogens with zero attached hydrogens (tertiary/aromatic N) is 1. The molecule has 0 spiro atoms. The molecule has 140 valence electrons. The highest BCUT2D eigenvalue weighted by Crippen LogP contribution is 2.11. The summed E-state index contributed by atoms with van der Waals surface area (Å²) in [6.07, 6.45) is 6.12. The van der Waals surface area contributed by atoms with Crippen molar-refractivity contribution in [3.63, 3.8) is 0 Å². The second-order valence-electron chi connectivity index (χ2n) is 6.19. The molecule has 5 nitrogen and oxygen atoms in total. The van der Waals surface area contributed by atoms with Gasteiger partial charge in [-0.25, -0.2) is 0 Å². The van der Waals surface area contributed by atoms with Gasteiger partial charge in [0, 0.05) is 24.3 Å². The summed E-state index contributed by atoms with van der Waals surface area (Å²) >= 11 is 0. The highest BCUT2D eigenvalue weighted by molar-refractivity contribution is 5.96. The van der Waals surface area contributed by atoms with Crippen molar-refractivity contribution >= 4 is 17.5 Å². The van der Waals surface area contributed by atoms with Gasteiger partial charge in [0.15, 0.2) is 0 Å². The summed E-state index contributed by atoms with van der Waals surface area (Å²) in [5, 5.41) is 6.02. The van der Waals surface area contributed by atoms with E-state index in [1.165, 1.54) is 25.7 Å². The van der Waals surface area contributed by atoms with Crippen LogP contribution in [0.3, 0.4) is 0 Å². The molecule has 0 atom stereocenters. The Hall–Kier alpha value is -1.88. The number of amides is 2. The third kappa shape index (κ3) is 8.16. The molecule has 0 saturated carbocycles. The molecule has 1 aromatic rings. The number of carbonyl (C=O) groups excluding carboxylic acids is 2.